The number of methoxy groups -OCH3 is 1. The fourth-order valence-electron chi connectivity index (χ4n) is 1.76. The largest absolute Gasteiger partial charge is 0.497 e. The van der Waals surface area contributed by atoms with Gasteiger partial charge >= 0.3 is 0 Å². The van der Waals surface area contributed by atoms with E-state index in [4.69, 9.17) is 9.84 Å². The predicted octanol–water partition coefficient (Wildman–Crippen LogP) is 2.29. The first kappa shape index (κ1) is 14.0. The third kappa shape index (κ3) is 4.75. The first-order chi connectivity index (χ1) is 8.17. The van der Waals surface area contributed by atoms with Gasteiger partial charge in [0.1, 0.15) is 5.75 Å². The van der Waals surface area contributed by atoms with Crippen molar-refractivity contribution in [2.45, 2.75) is 32.9 Å². The van der Waals surface area contributed by atoms with E-state index in [1.54, 1.807) is 7.11 Å². The van der Waals surface area contributed by atoms with Crippen LogP contribution in [0.25, 0.3) is 0 Å². The summed E-state index contributed by atoms with van der Waals surface area (Å²) in [5.41, 5.74) is 1.28. The lowest BCUT2D eigenvalue weighted by molar-refractivity contribution is 0.185. The fraction of sp³-hybridized carbons (Fsp3) is 0.571. The van der Waals surface area contributed by atoms with Gasteiger partial charge in [-0.25, -0.2) is 0 Å². The lowest BCUT2D eigenvalue weighted by Gasteiger charge is -2.26. The summed E-state index contributed by atoms with van der Waals surface area (Å²) in [4.78, 5) is 2.36. The van der Waals surface area contributed by atoms with Gasteiger partial charge in [-0.2, -0.15) is 0 Å². The zero-order valence-corrected chi connectivity index (χ0v) is 11.0. The van der Waals surface area contributed by atoms with Crippen molar-refractivity contribution in [3.63, 3.8) is 0 Å². The van der Waals surface area contributed by atoms with E-state index in [1.165, 1.54) is 5.56 Å². The average Bonchev–Trinajstić information content (AvgIpc) is 2.35. The lowest BCUT2D eigenvalue weighted by atomic mass is 10.1. The Morgan fingerprint density at radius 1 is 1.24 bits per heavy atom. The number of aliphatic hydroxyl groups excluding tert-OH is 1. The number of benzene rings is 1. The first-order valence-electron chi connectivity index (χ1n) is 6.15. The van der Waals surface area contributed by atoms with E-state index in [2.05, 4.69) is 30.9 Å². The Balaban J connectivity index is 2.58. The number of hydrogen-bond donors (Lipinski definition) is 1. The van der Waals surface area contributed by atoms with Crippen LogP contribution in [-0.4, -0.2) is 36.3 Å². The van der Waals surface area contributed by atoms with Crippen LogP contribution < -0.4 is 4.74 Å². The Morgan fingerprint density at radius 3 is 2.35 bits per heavy atom. The predicted molar refractivity (Wildman–Crippen MR) is 70.2 cm³/mol. The summed E-state index contributed by atoms with van der Waals surface area (Å²) in [6, 6.07) is 8.64. The third-order valence-electron chi connectivity index (χ3n) is 2.88. The van der Waals surface area contributed by atoms with Crippen molar-refractivity contribution in [2.24, 2.45) is 0 Å². The van der Waals surface area contributed by atoms with Gasteiger partial charge < -0.3 is 9.84 Å². The van der Waals surface area contributed by atoms with E-state index in [0.29, 0.717) is 6.04 Å². The van der Waals surface area contributed by atoms with E-state index >= 15 is 0 Å². The zero-order chi connectivity index (χ0) is 12.7. The summed E-state index contributed by atoms with van der Waals surface area (Å²) in [6.45, 7) is 6.47. The monoisotopic (exact) mass is 237 g/mol. The average molecular weight is 237 g/mol. The Kier molecular flexibility index (Phi) is 6.01. The first-order valence-corrected chi connectivity index (χ1v) is 6.15. The van der Waals surface area contributed by atoms with Crippen LogP contribution in [-0.2, 0) is 6.54 Å². The van der Waals surface area contributed by atoms with Gasteiger partial charge in [0, 0.05) is 25.7 Å². The number of rotatable bonds is 7. The van der Waals surface area contributed by atoms with Crippen molar-refractivity contribution in [1.29, 1.82) is 0 Å². The molecule has 0 aliphatic heterocycles. The summed E-state index contributed by atoms with van der Waals surface area (Å²) in [6.07, 6.45) is 0.828. The minimum absolute atomic E-state index is 0.256. The van der Waals surface area contributed by atoms with Crippen molar-refractivity contribution in [1.82, 2.24) is 4.90 Å². The molecule has 0 heterocycles. The van der Waals surface area contributed by atoms with Crippen LogP contribution in [0, 0.1) is 0 Å². The van der Waals surface area contributed by atoms with Crippen LogP contribution in [0.5, 0.6) is 5.75 Å². The third-order valence-corrected chi connectivity index (χ3v) is 2.88. The molecule has 0 aliphatic carbocycles. The highest BCUT2D eigenvalue weighted by atomic mass is 16.5. The quantitative estimate of drug-likeness (QED) is 0.789. The number of aliphatic hydroxyl groups is 1. The molecule has 0 spiro atoms. The van der Waals surface area contributed by atoms with E-state index in [9.17, 15) is 0 Å². The van der Waals surface area contributed by atoms with Crippen LogP contribution in [0.4, 0.5) is 0 Å². The number of ether oxygens (including phenoxy) is 1. The minimum Gasteiger partial charge on any atom is -0.497 e. The van der Waals surface area contributed by atoms with Gasteiger partial charge in [-0.05, 0) is 38.0 Å². The van der Waals surface area contributed by atoms with Crippen molar-refractivity contribution in [3.05, 3.63) is 29.8 Å². The zero-order valence-electron chi connectivity index (χ0n) is 11.0. The van der Waals surface area contributed by atoms with Gasteiger partial charge in [0.25, 0.3) is 0 Å². The standard InChI is InChI=1S/C14H23NO2/c1-12(2)15(9-4-10-16)11-13-5-7-14(17-3)8-6-13/h5-8,12,16H,4,9-11H2,1-3H3. The van der Waals surface area contributed by atoms with Crippen LogP contribution in [0.3, 0.4) is 0 Å². The minimum atomic E-state index is 0.256. The second-order valence-electron chi connectivity index (χ2n) is 4.49. The number of nitrogens with zero attached hydrogens (tertiary/aromatic N) is 1. The van der Waals surface area contributed by atoms with Gasteiger partial charge in [-0.3, -0.25) is 4.90 Å². The van der Waals surface area contributed by atoms with E-state index < -0.39 is 0 Å². The van der Waals surface area contributed by atoms with Crippen molar-refractivity contribution < 1.29 is 9.84 Å². The SMILES string of the molecule is COc1ccc(CN(CCCO)C(C)C)cc1. The normalized spacial score (nSPS) is 11.2. The smallest absolute Gasteiger partial charge is 0.118 e. The van der Waals surface area contributed by atoms with Gasteiger partial charge in [0.2, 0.25) is 0 Å². The van der Waals surface area contributed by atoms with Gasteiger partial charge in [-0.15, -0.1) is 0 Å². The molecule has 0 radical (unpaired) electrons. The second-order valence-corrected chi connectivity index (χ2v) is 4.49. The molecule has 1 aromatic rings. The Labute approximate surface area is 104 Å². The summed E-state index contributed by atoms with van der Waals surface area (Å²) in [5, 5.41) is 8.89. The van der Waals surface area contributed by atoms with Crippen molar-refractivity contribution >= 4 is 0 Å². The molecule has 0 amide bonds. The highest BCUT2D eigenvalue weighted by Gasteiger charge is 2.09. The van der Waals surface area contributed by atoms with E-state index in [1.807, 2.05) is 12.1 Å². The van der Waals surface area contributed by atoms with Crippen molar-refractivity contribution in [2.75, 3.05) is 20.3 Å². The van der Waals surface area contributed by atoms with Crippen LogP contribution in [0.2, 0.25) is 0 Å². The highest BCUT2D eigenvalue weighted by molar-refractivity contribution is 5.27. The van der Waals surface area contributed by atoms with Gasteiger partial charge in [0.05, 0.1) is 7.11 Å². The molecule has 1 N–H and O–H groups in total. The van der Waals surface area contributed by atoms with Crippen LogP contribution >= 0.6 is 0 Å². The van der Waals surface area contributed by atoms with E-state index in [0.717, 1.165) is 25.3 Å². The maximum atomic E-state index is 8.89. The van der Waals surface area contributed by atoms with Crippen molar-refractivity contribution in [3.8, 4) is 5.75 Å². The molecule has 1 rings (SSSR count). The molecule has 0 aliphatic rings. The Hall–Kier alpha value is -1.06. The molecule has 0 atom stereocenters. The van der Waals surface area contributed by atoms with Gasteiger partial charge in [-0.1, -0.05) is 12.1 Å². The van der Waals surface area contributed by atoms with Crippen LogP contribution in [0.15, 0.2) is 24.3 Å². The summed E-state index contributed by atoms with van der Waals surface area (Å²) >= 11 is 0. The molecule has 17 heavy (non-hydrogen) atoms. The highest BCUT2D eigenvalue weighted by Crippen LogP contribution is 2.14. The molecule has 0 unspecified atom stereocenters. The molecule has 1 aromatic carbocycles. The molecule has 0 aromatic heterocycles. The topological polar surface area (TPSA) is 32.7 Å². The Bertz CT molecular complexity index is 309. The molecule has 0 saturated carbocycles. The second kappa shape index (κ2) is 7.30. The molecule has 0 saturated heterocycles. The summed E-state index contributed by atoms with van der Waals surface area (Å²) in [5.74, 6) is 0.889. The molecule has 3 nitrogen and oxygen atoms in total. The summed E-state index contributed by atoms with van der Waals surface area (Å²) in [7, 11) is 1.68. The fourth-order valence-corrected chi connectivity index (χ4v) is 1.76. The van der Waals surface area contributed by atoms with Crippen LogP contribution in [0.1, 0.15) is 25.8 Å². The molecule has 0 bridgehead atoms. The molecule has 0 fully saturated rings. The molecular formula is C14H23NO2. The van der Waals surface area contributed by atoms with E-state index in [-0.39, 0.29) is 6.61 Å². The molecule has 96 valence electrons. The Morgan fingerprint density at radius 2 is 1.88 bits per heavy atom. The summed E-state index contributed by atoms with van der Waals surface area (Å²) < 4.78 is 5.14. The maximum Gasteiger partial charge on any atom is 0.118 e. The number of hydrogen-bond acceptors (Lipinski definition) is 3. The molecule has 3 heteroatoms. The van der Waals surface area contributed by atoms with Gasteiger partial charge in [0.15, 0.2) is 0 Å². The maximum absolute atomic E-state index is 8.89. The lowest BCUT2D eigenvalue weighted by Crippen LogP contribution is -2.31. The molecular weight excluding hydrogens is 214 g/mol.